The SMILES string of the molecule is C=CCCCCCCCCCOC(=O)C12CC3CC(CC(C3)C1)C2. The Hall–Kier alpha value is -0.790. The number of hydrogen-bond donors (Lipinski definition) is 0. The first kappa shape index (κ1) is 18.0. The quantitative estimate of drug-likeness (QED) is 0.261. The predicted octanol–water partition coefficient (Wildman–Crippen LogP) is 6.05. The smallest absolute Gasteiger partial charge is 0.312 e. The summed E-state index contributed by atoms with van der Waals surface area (Å²) in [6.07, 6.45) is 19.5. The van der Waals surface area contributed by atoms with E-state index >= 15 is 0 Å². The summed E-state index contributed by atoms with van der Waals surface area (Å²) < 4.78 is 5.74. The molecule has 4 fully saturated rings. The van der Waals surface area contributed by atoms with Crippen LogP contribution in [0.4, 0.5) is 0 Å². The Bertz CT molecular complexity index is 390. The molecule has 0 unspecified atom stereocenters. The maximum atomic E-state index is 12.7. The summed E-state index contributed by atoms with van der Waals surface area (Å²) in [5.74, 6) is 2.63. The molecule has 4 aliphatic rings. The van der Waals surface area contributed by atoms with Crippen molar-refractivity contribution in [3.63, 3.8) is 0 Å². The van der Waals surface area contributed by atoms with Gasteiger partial charge in [-0.25, -0.2) is 0 Å². The Morgan fingerprint density at radius 1 is 0.875 bits per heavy atom. The normalized spacial score (nSPS) is 33.6. The molecule has 24 heavy (non-hydrogen) atoms. The molecule has 0 heterocycles. The van der Waals surface area contributed by atoms with Gasteiger partial charge in [-0.1, -0.05) is 38.2 Å². The third-order valence-electron chi connectivity index (χ3n) is 6.76. The second-order valence-electron chi connectivity index (χ2n) is 8.89. The summed E-state index contributed by atoms with van der Waals surface area (Å²) in [6, 6.07) is 0. The van der Waals surface area contributed by atoms with E-state index in [4.69, 9.17) is 4.74 Å². The lowest BCUT2D eigenvalue weighted by molar-refractivity contribution is -0.171. The summed E-state index contributed by atoms with van der Waals surface area (Å²) in [4.78, 5) is 12.7. The van der Waals surface area contributed by atoms with Crippen LogP contribution >= 0.6 is 0 Å². The Morgan fingerprint density at radius 3 is 1.92 bits per heavy atom. The van der Waals surface area contributed by atoms with Crippen LogP contribution in [0.3, 0.4) is 0 Å². The summed E-state index contributed by atoms with van der Waals surface area (Å²) >= 11 is 0. The van der Waals surface area contributed by atoms with E-state index < -0.39 is 0 Å². The molecular weight excluding hydrogens is 296 g/mol. The fourth-order valence-corrected chi connectivity index (χ4v) is 5.95. The Balaban J connectivity index is 1.26. The van der Waals surface area contributed by atoms with Crippen LogP contribution in [-0.2, 0) is 9.53 Å². The molecule has 0 aliphatic heterocycles. The maximum absolute atomic E-state index is 12.7. The lowest BCUT2D eigenvalue weighted by Gasteiger charge is -2.55. The van der Waals surface area contributed by atoms with Gasteiger partial charge in [0.1, 0.15) is 0 Å². The molecule has 0 N–H and O–H groups in total. The number of unbranched alkanes of at least 4 members (excludes halogenated alkanes) is 7. The molecule has 4 aliphatic carbocycles. The van der Waals surface area contributed by atoms with Crippen LogP contribution in [0.1, 0.15) is 89.9 Å². The zero-order chi connectivity index (χ0) is 16.8. The van der Waals surface area contributed by atoms with Crippen LogP contribution in [0.2, 0.25) is 0 Å². The van der Waals surface area contributed by atoms with Crippen molar-refractivity contribution >= 4 is 5.97 Å². The van der Waals surface area contributed by atoms with Crippen molar-refractivity contribution in [1.82, 2.24) is 0 Å². The minimum atomic E-state index is -0.0695. The third kappa shape index (κ3) is 4.43. The molecule has 0 saturated heterocycles. The molecule has 0 atom stereocenters. The summed E-state index contributed by atoms with van der Waals surface area (Å²) in [7, 11) is 0. The van der Waals surface area contributed by atoms with E-state index in [0.29, 0.717) is 6.61 Å². The van der Waals surface area contributed by atoms with Crippen LogP contribution in [-0.4, -0.2) is 12.6 Å². The van der Waals surface area contributed by atoms with Gasteiger partial charge < -0.3 is 4.74 Å². The van der Waals surface area contributed by atoms with Crippen LogP contribution < -0.4 is 0 Å². The van der Waals surface area contributed by atoms with Gasteiger partial charge >= 0.3 is 5.97 Å². The minimum absolute atomic E-state index is 0.0695. The first-order chi connectivity index (χ1) is 11.7. The van der Waals surface area contributed by atoms with Gasteiger partial charge in [0.15, 0.2) is 0 Å². The molecule has 4 saturated carbocycles. The van der Waals surface area contributed by atoms with Crippen LogP contribution in [0.5, 0.6) is 0 Å². The van der Waals surface area contributed by atoms with Crippen molar-refractivity contribution in [2.24, 2.45) is 23.2 Å². The highest BCUT2D eigenvalue weighted by molar-refractivity contribution is 5.77. The molecule has 2 heteroatoms. The predicted molar refractivity (Wildman–Crippen MR) is 98.7 cm³/mol. The number of carbonyl (C=O) groups excluding carboxylic acids is 1. The van der Waals surface area contributed by atoms with Crippen molar-refractivity contribution in [1.29, 1.82) is 0 Å². The van der Waals surface area contributed by atoms with E-state index in [1.165, 1.54) is 57.8 Å². The van der Waals surface area contributed by atoms with Crippen molar-refractivity contribution in [3.05, 3.63) is 12.7 Å². The van der Waals surface area contributed by atoms with Gasteiger partial charge in [-0.15, -0.1) is 6.58 Å². The maximum Gasteiger partial charge on any atom is 0.312 e. The lowest BCUT2D eigenvalue weighted by Crippen LogP contribution is -2.50. The van der Waals surface area contributed by atoms with Crippen molar-refractivity contribution in [2.75, 3.05) is 6.61 Å². The standard InChI is InChI=1S/C22H36O2/c1-2-3-4-5-6-7-8-9-10-11-24-21(23)22-15-18-12-19(16-22)14-20(13-18)17-22/h2,18-20H,1,3-17H2. The van der Waals surface area contributed by atoms with E-state index in [2.05, 4.69) is 6.58 Å². The average Bonchev–Trinajstić information content (AvgIpc) is 2.55. The van der Waals surface area contributed by atoms with Gasteiger partial charge in [0.05, 0.1) is 12.0 Å². The van der Waals surface area contributed by atoms with Crippen molar-refractivity contribution in [3.8, 4) is 0 Å². The molecule has 4 bridgehead atoms. The second kappa shape index (κ2) is 8.54. The highest BCUT2D eigenvalue weighted by atomic mass is 16.5. The van der Waals surface area contributed by atoms with Gasteiger partial charge in [-0.2, -0.15) is 0 Å². The largest absolute Gasteiger partial charge is 0.465 e. The molecule has 0 radical (unpaired) electrons. The van der Waals surface area contributed by atoms with Gasteiger partial charge in [0, 0.05) is 0 Å². The molecule has 4 rings (SSSR count). The summed E-state index contributed by atoms with van der Waals surface area (Å²) in [5.41, 5.74) is -0.0695. The van der Waals surface area contributed by atoms with Crippen LogP contribution in [0.15, 0.2) is 12.7 Å². The highest BCUT2D eigenvalue weighted by Crippen LogP contribution is 2.60. The zero-order valence-electron chi connectivity index (χ0n) is 15.4. The Morgan fingerprint density at radius 2 is 1.38 bits per heavy atom. The number of esters is 1. The van der Waals surface area contributed by atoms with Gasteiger partial charge in [0.25, 0.3) is 0 Å². The lowest BCUT2D eigenvalue weighted by atomic mass is 9.49. The van der Waals surface area contributed by atoms with Gasteiger partial charge in [0.2, 0.25) is 0 Å². The van der Waals surface area contributed by atoms with Gasteiger partial charge in [-0.3, -0.25) is 4.79 Å². The molecular formula is C22H36O2. The molecule has 0 spiro atoms. The van der Waals surface area contributed by atoms with E-state index in [1.54, 1.807) is 0 Å². The first-order valence-electron chi connectivity index (χ1n) is 10.5. The molecule has 136 valence electrons. The zero-order valence-corrected chi connectivity index (χ0v) is 15.4. The van der Waals surface area contributed by atoms with E-state index in [0.717, 1.165) is 49.9 Å². The number of hydrogen-bond acceptors (Lipinski definition) is 2. The molecule has 0 aromatic rings. The van der Waals surface area contributed by atoms with Crippen molar-refractivity contribution < 1.29 is 9.53 Å². The molecule has 2 nitrogen and oxygen atoms in total. The van der Waals surface area contributed by atoms with Crippen LogP contribution in [0.25, 0.3) is 0 Å². The van der Waals surface area contributed by atoms with E-state index in [1.807, 2.05) is 6.08 Å². The molecule has 0 aromatic heterocycles. The number of carbonyl (C=O) groups is 1. The fraction of sp³-hybridized carbons (Fsp3) is 0.864. The monoisotopic (exact) mass is 332 g/mol. The topological polar surface area (TPSA) is 26.3 Å². The highest BCUT2D eigenvalue weighted by Gasteiger charge is 2.55. The number of ether oxygens (including phenoxy) is 1. The van der Waals surface area contributed by atoms with Crippen molar-refractivity contribution in [2.45, 2.75) is 89.9 Å². The fourth-order valence-electron chi connectivity index (χ4n) is 5.95. The van der Waals surface area contributed by atoms with Gasteiger partial charge in [-0.05, 0) is 75.5 Å². The molecule has 0 amide bonds. The van der Waals surface area contributed by atoms with E-state index in [9.17, 15) is 4.79 Å². The Kier molecular flexibility index (Phi) is 6.41. The number of rotatable bonds is 11. The average molecular weight is 333 g/mol. The summed E-state index contributed by atoms with van der Waals surface area (Å²) in [6.45, 7) is 4.41. The summed E-state index contributed by atoms with van der Waals surface area (Å²) in [5, 5.41) is 0. The first-order valence-corrected chi connectivity index (χ1v) is 10.5. The number of allylic oxidation sites excluding steroid dienone is 1. The third-order valence-corrected chi connectivity index (χ3v) is 6.76. The van der Waals surface area contributed by atoms with Crippen LogP contribution in [0, 0.1) is 23.2 Å². The molecule has 0 aromatic carbocycles. The minimum Gasteiger partial charge on any atom is -0.465 e. The second-order valence-corrected chi connectivity index (χ2v) is 8.89. The Labute approximate surface area is 148 Å². The van der Waals surface area contributed by atoms with E-state index in [-0.39, 0.29) is 11.4 Å².